The van der Waals surface area contributed by atoms with Crippen molar-refractivity contribution in [1.82, 2.24) is 5.32 Å². The zero-order valence-electron chi connectivity index (χ0n) is 11.5. The summed E-state index contributed by atoms with van der Waals surface area (Å²) < 4.78 is 6.34. The Morgan fingerprint density at radius 2 is 2.10 bits per heavy atom. The van der Waals surface area contributed by atoms with Crippen LogP contribution < -0.4 is 10.1 Å². The Balaban J connectivity index is 1.82. The van der Waals surface area contributed by atoms with E-state index >= 15 is 0 Å². The second kappa shape index (κ2) is 7.48. The SMILES string of the molecule is Cc1cccc(OCCNC(=O)c2cc(Cl)cc(Br)c2)c1. The molecule has 110 valence electrons. The summed E-state index contributed by atoms with van der Waals surface area (Å²) >= 11 is 9.23. The first-order chi connectivity index (χ1) is 10.0. The van der Waals surface area contributed by atoms with Crippen molar-refractivity contribution in [2.24, 2.45) is 0 Å². The predicted octanol–water partition coefficient (Wildman–Crippen LogP) is 4.22. The normalized spacial score (nSPS) is 10.2. The van der Waals surface area contributed by atoms with Crippen LogP contribution in [0.2, 0.25) is 5.02 Å². The zero-order valence-corrected chi connectivity index (χ0v) is 13.9. The lowest BCUT2D eigenvalue weighted by molar-refractivity contribution is 0.0947. The fraction of sp³-hybridized carbons (Fsp3) is 0.188. The van der Waals surface area contributed by atoms with Crippen LogP contribution in [-0.2, 0) is 0 Å². The minimum atomic E-state index is -0.175. The van der Waals surface area contributed by atoms with Crippen LogP contribution in [0, 0.1) is 6.92 Å². The minimum absolute atomic E-state index is 0.175. The number of hydrogen-bond donors (Lipinski definition) is 1. The Labute approximate surface area is 137 Å². The standard InChI is InChI=1S/C16H15BrClNO2/c1-11-3-2-4-15(7-11)21-6-5-19-16(20)12-8-13(17)10-14(18)9-12/h2-4,7-10H,5-6H2,1H3,(H,19,20). The monoisotopic (exact) mass is 367 g/mol. The maximum absolute atomic E-state index is 12.0. The summed E-state index contributed by atoms with van der Waals surface area (Å²) in [4.78, 5) is 12.0. The molecule has 5 heteroatoms. The van der Waals surface area contributed by atoms with Gasteiger partial charge in [-0.05, 0) is 42.8 Å². The highest BCUT2D eigenvalue weighted by Crippen LogP contribution is 2.19. The molecule has 2 aromatic carbocycles. The van der Waals surface area contributed by atoms with Gasteiger partial charge in [-0.2, -0.15) is 0 Å². The second-order valence-corrected chi connectivity index (χ2v) is 5.93. The molecule has 0 aliphatic heterocycles. The average Bonchev–Trinajstić information content (AvgIpc) is 2.42. The Morgan fingerprint density at radius 3 is 2.81 bits per heavy atom. The third kappa shape index (κ3) is 5.06. The number of halogens is 2. The van der Waals surface area contributed by atoms with Gasteiger partial charge in [-0.3, -0.25) is 4.79 Å². The zero-order chi connectivity index (χ0) is 15.2. The largest absolute Gasteiger partial charge is 0.492 e. The molecule has 0 aliphatic rings. The molecule has 1 N–H and O–H groups in total. The first-order valence-corrected chi connectivity index (χ1v) is 7.65. The number of rotatable bonds is 5. The van der Waals surface area contributed by atoms with Crippen molar-refractivity contribution in [1.29, 1.82) is 0 Å². The van der Waals surface area contributed by atoms with E-state index in [1.807, 2.05) is 31.2 Å². The lowest BCUT2D eigenvalue weighted by Gasteiger charge is -2.09. The highest BCUT2D eigenvalue weighted by Gasteiger charge is 2.07. The van der Waals surface area contributed by atoms with Crippen molar-refractivity contribution in [2.75, 3.05) is 13.2 Å². The van der Waals surface area contributed by atoms with E-state index < -0.39 is 0 Å². The van der Waals surface area contributed by atoms with E-state index in [1.54, 1.807) is 18.2 Å². The van der Waals surface area contributed by atoms with Gasteiger partial charge in [-0.1, -0.05) is 39.7 Å². The van der Waals surface area contributed by atoms with Gasteiger partial charge in [0.25, 0.3) is 5.91 Å². The number of hydrogen-bond acceptors (Lipinski definition) is 2. The van der Waals surface area contributed by atoms with E-state index in [9.17, 15) is 4.79 Å². The van der Waals surface area contributed by atoms with Gasteiger partial charge in [0.2, 0.25) is 0 Å². The van der Waals surface area contributed by atoms with Gasteiger partial charge in [-0.25, -0.2) is 0 Å². The average molecular weight is 369 g/mol. The van der Waals surface area contributed by atoms with Crippen molar-refractivity contribution in [3.05, 3.63) is 63.1 Å². The Kier molecular flexibility index (Phi) is 5.65. The summed E-state index contributed by atoms with van der Waals surface area (Å²) in [5, 5.41) is 3.31. The van der Waals surface area contributed by atoms with E-state index in [0.717, 1.165) is 15.8 Å². The molecule has 1 amide bonds. The third-order valence-corrected chi connectivity index (χ3v) is 3.45. The molecule has 0 saturated heterocycles. The van der Waals surface area contributed by atoms with Crippen molar-refractivity contribution in [3.63, 3.8) is 0 Å². The Hall–Kier alpha value is -1.52. The van der Waals surface area contributed by atoms with Gasteiger partial charge >= 0.3 is 0 Å². The maximum atomic E-state index is 12.0. The molecule has 0 fully saturated rings. The van der Waals surface area contributed by atoms with Crippen LogP contribution in [0.15, 0.2) is 46.9 Å². The maximum Gasteiger partial charge on any atom is 0.251 e. The molecule has 0 heterocycles. The summed E-state index contributed by atoms with van der Waals surface area (Å²) in [5.74, 6) is 0.626. The Morgan fingerprint density at radius 1 is 1.29 bits per heavy atom. The predicted molar refractivity (Wildman–Crippen MR) is 88.2 cm³/mol. The van der Waals surface area contributed by atoms with Gasteiger partial charge in [0.15, 0.2) is 0 Å². The number of carbonyl (C=O) groups is 1. The number of nitrogens with one attached hydrogen (secondary N) is 1. The molecule has 0 spiro atoms. The van der Waals surface area contributed by atoms with Crippen molar-refractivity contribution in [2.45, 2.75) is 6.92 Å². The van der Waals surface area contributed by atoms with Crippen LogP contribution in [0.4, 0.5) is 0 Å². The lowest BCUT2D eigenvalue weighted by atomic mass is 10.2. The molecular weight excluding hydrogens is 354 g/mol. The molecule has 0 aliphatic carbocycles. The topological polar surface area (TPSA) is 38.3 Å². The van der Waals surface area contributed by atoms with E-state index in [1.165, 1.54) is 0 Å². The van der Waals surface area contributed by atoms with Crippen LogP contribution in [-0.4, -0.2) is 19.1 Å². The summed E-state index contributed by atoms with van der Waals surface area (Å²) in [6.07, 6.45) is 0. The van der Waals surface area contributed by atoms with Crippen molar-refractivity contribution >= 4 is 33.4 Å². The molecule has 0 bridgehead atoms. The number of amides is 1. The molecule has 0 unspecified atom stereocenters. The second-order valence-electron chi connectivity index (χ2n) is 4.58. The number of carbonyl (C=O) groups excluding carboxylic acids is 1. The third-order valence-electron chi connectivity index (χ3n) is 2.77. The number of aryl methyl sites for hydroxylation is 1. The summed E-state index contributed by atoms with van der Waals surface area (Å²) in [6.45, 7) is 2.85. The molecule has 2 aromatic rings. The van der Waals surface area contributed by atoms with Crippen LogP contribution >= 0.6 is 27.5 Å². The van der Waals surface area contributed by atoms with E-state index in [2.05, 4.69) is 21.2 Å². The molecule has 0 aromatic heterocycles. The van der Waals surface area contributed by atoms with Crippen molar-refractivity contribution < 1.29 is 9.53 Å². The molecular formula is C16H15BrClNO2. The van der Waals surface area contributed by atoms with Crippen LogP contribution in [0.3, 0.4) is 0 Å². The van der Waals surface area contributed by atoms with Gasteiger partial charge in [0.1, 0.15) is 12.4 Å². The lowest BCUT2D eigenvalue weighted by Crippen LogP contribution is -2.28. The van der Waals surface area contributed by atoms with E-state index in [4.69, 9.17) is 16.3 Å². The summed E-state index contributed by atoms with van der Waals surface area (Å²) in [7, 11) is 0. The first kappa shape index (κ1) is 15.9. The number of ether oxygens (including phenoxy) is 1. The molecule has 0 radical (unpaired) electrons. The molecule has 0 saturated carbocycles. The first-order valence-electron chi connectivity index (χ1n) is 6.48. The smallest absolute Gasteiger partial charge is 0.251 e. The Bertz CT molecular complexity index is 626. The minimum Gasteiger partial charge on any atom is -0.492 e. The highest BCUT2D eigenvalue weighted by atomic mass is 79.9. The van der Waals surface area contributed by atoms with Gasteiger partial charge < -0.3 is 10.1 Å². The van der Waals surface area contributed by atoms with Crippen molar-refractivity contribution in [3.8, 4) is 5.75 Å². The quantitative estimate of drug-likeness (QED) is 0.803. The summed E-state index contributed by atoms with van der Waals surface area (Å²) in [6, 6.07) is 12.9. The molecule has 0 atom stereocenters. The molecule has 21 heavy (non-hydrogen) atoms. The molecule has 2 rings (SSSR count). The molecule has 3 nitrogen and oxygen atoms in total. The fourth-order valence-electron chi connectivity index (χ4n) is 1.83. The highest BCUT2D eigenvalue weighted by molar-refractivity contribution is 9.10. The van der Waals surface area contributed by atoms with E-state index in [0.29, 0.717) is 23.7 Å². The summed E-state index contributed by atoms with van der Waals surface area (Å²) in [5.41, 5.74) is 1.66. The number of benzene rings is 2. The van der Waals surface area contributed by atoms with Gasteiger partial charge in [0, 0.05) is 15.1 Å². The van der Waals surface area contributed by atoms with Crippen LogP contribution in [0.25, 0.3) is 0 Å². The van der Waals surface area contributed by atoms with Crippen LogP contribution in [0.1, 0.15) is 15.9 Å². The van der Waals surface area contributed by atoms with Gasteiger partial charge in [0.05, 0.1) is 6.54 Å². The van der Waals surface area contributed by atoms with Gasteiger partial charge in [-0.15, -0.1) is 0 Å². The van der Waals surface area contributed by atoms with E-state index in [-0.39, 0.29) is 5.91 Å². The van der Waals surface area contributed by atoms with Crippen LogP contribution in [0.5, 0.6) is 5.75 Å². The fourth-order valence-corrected chi connectivity index (χ4v) is 2.69.